The van der Waals surface area contributed by atoms with Crippen LogP contribution in [-0.4, -0.2) is 25.3 Å². The van der Waals surface area contributed by atoms with E-state index in [4.69, 9.17) is 5.11 Å². The van der Waals surface area contributed by atoms with Crippen molar-refractivity contribution in [3.63, 3.8) is 0 Å². The lowest BCUT2D eigenvalue weighted by Crippen LogP contribution is -3.00. The Morgan fingerprint density at radius 2 is 1.34 bits per heavy atom. The van der Waals surface area contributed by atoms with Crippen molar-refractivity contribution in [1.29, 1.82) is 0 Å². The first-order chi connectivity index (χ1) is 16.4. The number of anilines is 1. The Kier molecular flexibility index (Phi) is 10.1. The van der Waals surface area contributed by atoms with Crippen molar-refractivity contribution >= 4 is 49.7 Å². The summed E-state index contributed by atoms with van der Waals surface area (Å²) in [6.45, 7) is 0.761. The molecule has 0 unspecified atom stereocenters. The van der Waals surface area contributed by atoms with Crippen LogP contribution in [0.25, 0.3) is 34.5 Å². The van der Waals surface area contributed by atoms with Crippen molar-refractivity contribution < 1.29 is 33.7 Å². The summed E-state index contributed by atoms with van der Waals surface area (Å²) in [4.78, 5) is 2.04. The van der Waals surface area contributed by atoms with E-state index in [1.54, 1.807) is 0 Å². The molecule has 0 bridgehead atoms. The van der Waals surface area contributed by atoms with Crippen LogP contribution in [0.5, 0.6) is 0 Å². The van der Waals surface area contributed by atoms with E-state index in [0.717, 1.165) is 37.1 Å². The van der Waals surface area contributed by atoms with Gasteiger partial charge in [0.1, 0.15) is 7.05 Å². The van der Waals surface area contributed by atoms with Gasteiger partial charge in [0, 0.05) is 52.0 Å². The van der Waals surface area contributed by atoms with Crippen LogP contribution < -0.4 is 33.4 Å². The molecule has 180 valence electrons. The zero-order valence-corrected chi connectivity index (χ0v) is 25.0. The first-order valence-corrected chi connectivity index (χ1v) is 12.7. The van der Waals surface area contributed by atoms with E-state index in [1.807, 2.05) is 11.9 Å². The van der Waals surface area contributed by atoms with E-state index >= 15 is 0 Å². The minimum absolute atomic E-state index is 0. The van der Waals surface area contributed by atoms with E-state index in [9.17, 15) is 0 Å². The first kappa shape index (κ1) is 27.6. The Morgan fingerprint density at radius 1 is 0.771 bits per heavy atom. The number of rotatable bonds is 7. The second-order valence-corrected chi connectivity index (χ2v) is 10.0. The lowest BCUT2D eigenvalue weighted by Gasteiger charge is -2.17. The quantitative estimate of drug-likeness (QED) is 0.233. The highest BCUT2D eigenvalue weighted by molar-refractivity contribution is 9.10. The molecule has 35 heavy (non-hydrogen) atoms. The number of aromatic nitrogens is 1. The Labute approximate surface area is 241 Å². The van der Waals surface area contributed by atoms with Crippen molar-refractivity contribution in [2.24, 2.45) is 7.05 Å². The number of benzene rings is 3. The molecule has 0 aliphatic carbocycles. The first-order valence-electron chi connectivity index (χ1n) is 11.1. The van der Waals surface area contributed by atoms with Crippen molar-refractivity contribution in [3.8, 4) is 22.4 Å². The fourth-order valence-corrected chi connectivity index (χ4v) is 4.38. The summed E-state index contributed by atoms with van der Waals surface area (Å²) in [7, 11) is 4.09. The van der Waals surface area contributed by atoms with Crippen molar-refractivity contribution in [3.05, 3.63) is 105 Å². The number of pyridine rings is 1. The predicted molar refractivity (Wildman–Crippen MR) is 150 cm³/mol. The molecule has 0 fully saturated rings. The molecule has 0 atom stereocenters. The Hall–Kier alpha value is -2.00. The van der Waals surface area contributed by atoms with Gasteiger partial charge in [-0.25, -0.2) is 0 Å². The third kappa shape index (κ3) is 7.03. The lowest BCUT2D eigenvalue weighted by molar-refractivity contribution is -0.662. The van der Waals surface area contributed by atoms with Gasteiger partial charge in [0.15, 0.2) is 0 Å². The summed E-state index contributed by atoms with van der Waals surface area (Å²) in [5.41, 5.74) is 7.98. The molecule has 1 heterocycles. The highest BCUT2D eigenvalue weighted by Gasteiger charge is 2.17. The number of nitrogens with zero attached hydrogens (tertiary/aromatic N) is 2. The van der Waals surface area contributed by atoms with E-state index in [2.05, 4.69) is 141 Å². The molecule has 0 saturated heterocycles. The molecule has 0 aliphatic rings. The van der Waals surface area contributed by atoms with E-state index in [1.165, 1.54) is 11.1 Å². The van der Waals surface area contributed by atoms with Crippen molar-refractivity contribution in [2.45, 2.75) is 0 Å². The molecule has 1 N–H and O–H groups in total. The molecule has 3 aromatic carbocycles. The standard InChI is InChI=1S/C29H27Br2N2O.HI/c1-32(17-18-34)27-14-3-21(4-15-27)5-16-28-19-24(22-6-10-25(30)11-7-22)20-29(33(28)2)23-8-12-26(31)13-9-23;/h3-16,19-20,34H,17-18H2,1-2H3;1H/q+1;/p-1. The fourth-order valence-electron chi connectivity index (χ4n) is 3.85. The molecule has 0 saturated carbocycles. The van der Waals surface area contributed by atoms with Crippen LogP contribution in [0.15, 0.2) is 93.9 Å². The van der Waals surface area contributed by atoms with E-state index in [-0.39, 0.29) is 30.6 Å². The summed E-state index contributed by atoms with van der Waals surface area (Å²) in [6.07, 6.45) is 4.30. The van der Waals surface area contributed by atoms with Gasteiger partial charge in [-0.3, -0.25) is 0 Å². The van der Waals surface area contributed by atoms with Gasteiger partial charge in [-0.2, -0.15) is 4.57 Å². The summed E-state index contributed by atoms with van der Waals surface area (Å²) in [5.74, 6) is 0. The molecular formula is C29H27Br2IN2O. The minimum atomic E-state index is 0. The van der Waals surface area contributed by atoms with Crippen LogP contribution >= 0.6 is 31.9 Å². The zero-order valence-electron chi connectivity index (χ0n) is 19.6. The van der Waals surface area contributed by atoms with Gasteiger partial charge in [-0.15, -0.1) is 0 Å². The van der Waals surface area contributed by atoms with Crippen molar-refractivity contribution in [2.75, 3.05) is 25.1 Å². The highest BCUT2D eigenvalue weighted by atomic mass is 127. The predicted octanol–water partition coefficient (Wildman–Crippen LogP) is 3.97. The maximum absolute atomic E-state index is 9.17. The molecule has 4 aromatic rings. The second kappa shape index (κ2) is 12.8. The largest absolute Gasteiger partial charge is 1.00 e. The SMILES string of the molecule is CN(CCO)c1ccc(/C=C/c2cc(-c3ccc(Br)cc3)cc(-c3ccc(Br)cc3)[n+]2C)cc1.[I-]. The van der Waals surface area contributed by atoms with Crippen LogP contribution in [0.1, 0.15) is 11.3 Å². The average Bonchev–Trinajstić information content (AvgIpc) is 2.85. The van der Waals surface area contributed by atoms with Gasteiger partial charge in [-0.05, 0) is 71.3 Å². The average molecular weight is 706 g/mol. The number of aliphatic hydroxyl groups excluding tert-OH is 1. The van der Waals surface area contributed by atoms with Gasteiger partial charge in [-0.1, -0.05) is 56.1 Å². The second-order valence-electron chi connectivity index (χ2n) is 8.20. The minimum Gasteiger partial charge on any atom is -1.00 e. The van der Waals surface area contributed by atoms with Crippen LogP contribution in [0.3, 0.4) is 0 Å². The summed E-state index contributed by atoms with van der Waals surface area (Å²) in [6, 6.07) is 29.7. The molecule has 6 heteroatoms. The molecular weight excluding hydrogens is 679 g/mol. The number of hydrogen-bond acceptors (Lipinski definition) is 2. The molecule has 4 rings (SSSR count). The van der Waals surface area contributed by atoms with Gasteiger partial charge in [0.05, 0.1) is 6.61 Å². The highest BCUT2D eigenvalue weighted by Crippen LogP contribution is 2.28. The topological polar surface area (TPSA) is 27.3 Å². The molecule has 1 aromatic heterocycles. The number of halogens is 3. The molecule has 3 nitrogen and oxygen atoms in total. The van der Waals surface area contributed by atoms with Crippen LogP contribution in [0, 0.1) is 0 Å². The number of aliphatic hydroxyl groups is 1. The van der Waals surface area contributed by atoms with Gasteiger partial charge >= 0.3 is 0 Å². The van der Waals surface area contributed by atoms with Gasteiger partial charge in [0.2, 0.25) is 11.4 Å². The summed E-state index contributed by atoms with van der Waals surface area (Å²) in [5, 5.41) is 9.17. The van der Waals surface area contributed by atoms with Crippen LogP contribution in [0.4, 0.5) is 5.69 Å². The van der Waals surface area contributed by atoms with Gasteiger partial charge in [0.25, 0.3) is 0 Å². The maximum Gasteiger partial charge on any atom is 0.213 e. The monoisotopic (exact) mass is 704 g/mol. The Bertz CT molecular complexity index is 1290. The van der Waals surface area contributed by atoms with Crippen molar-refractivity contribution in [1.82, 2.24) is 0 Å². The van der Waals surface area contributed by atoms with Crippen LogP contribution in [-0.2, 0) is 7.05 Å². The normalized spacial score (nSPS) is 10.9. The molecule has 0 amide bonds. The number of hydrogen-bond donors (Lipinski definition) is 1. The molecule has 0 aliphatic heterocycles. The smallest absolute Gasteiger partial charge is 0.213 e. The third-order valence-electron chi connectivity index (χ3n) is 5.88. The number of likely N-dealkylation sites (N-methyl/N-ethyl adjacent to an activating group) is 1. The maximum atomic E-state index is 9.17. The van der Waals surface area contributed by atoms with Gasteiger partial charge < -0.3 is 34.0 Å². The zero-order chi connectivity index (χ0) is 24.1. The summed E-state index contributed by atoms with van der Waals surface area (Å²) < 4.78 is 4.36. The fraction of sp³-hybridized carbons (Fsp3) is 0.138. The Balaban J connectivity index is 0.00000342. The van der Waals surface area contributed by atoms with Crippen LogP contribution in [0.2, 0.25) is 0 Å². The summed E-state index contributed by atoms with van der Waals surface area (Å²) >= 11 is 7.08. The lowest BCUT2D eigenvalue weighted by atomic mass is 10.0. The Morgan fingerprint density at radius 3 is 1.91 bits per heavy atom. The molecule has 0 spiro atoms. The molecule has 0 radical (unpaired) electrons. The third-order valence-corrected chi connectivity index (χ3v) is 6.93. The van der Waals surface area contributed by atoms with E-state index < -0.39 is 0 Å². The van der Waals surface area contributed by atoms with E-state index in [0.29, 0.717) is 6.54 Å².